The Labute approximate surface area is 185 Å². The summed E-state index contributed by atoms with van der Waals surface area (Å²) in [5.74, 6) is 1.23. The van der Waals surface area contributed by atoms with Crippen molar-refractivity contribution in [1.29, 1.82) is 0 Å². The van der Waals surface area contributed by atoms with Gasteiger partial charge >= 0.3 is 0 Å². The number of benzene rings is 2. The van der Waals surface area contributed by atoms with Gasteiger partial charge in [0.2, 0.25) is 0 Å². The van der Waals surface area contributed by atoms with Crippen LogP contribution in [0.4, 0.5) is 4.39 Å². The van der Waals surface area contributed by atoms with Gasteiger partial charge in [-0.25, -0.2) is 9.37 Å². The molecule has 5 rings (SSSR count). The van der Waals surface area contributed by atoms with Gasteiger partial charge in [0.1, 0.15) is 17.3 Å². The van der Waals surface area contributed by atoms with Gasteiger partial charge in [-0.3, -0.25) is 9.36 Å². The molecule has 0 atom stereocenters. The number of halogens is 2. The molecule has 0 N–H and O–H groups in total. The Hall–Kier alpha value is -2.81. The molecule has 0 saturated carbocycles. The molecule has 2 aromatic carbocycles. The lowest BCUT2D eigenvalue weighted by molar-refractivity contribution is -0.0171. The zero-order valence-electron chi connectivity index (χ0n) is 16.1. The molecule has 6 nitrogen and oxygen atoms in total. The van der Waals surface area contributed by atoms with E-state index in [0.29, 0.717) is 56.1 Å². The number of thioether (sulfide) groups is 1. The summed E-state index contributed by atoms with van der Waals surface area (Å²) >= 11 is 7.43. The van der Waals surface area contributed by atoms with Crippen LogP contribution in [0.3, 0.4) is 0 Å². The fourth-order valence-corrected chi connectivity index (χ4v) is 4.62. The molecule has 0 saturated heterocycles. The monoisotopic (exact) mass is 458 g/mol. The van der Waals surface area contributed by atoms with Crippen LogP contribution >= 0.6 is 23.4 Å². The van der Waals surface area contributed by atoms with Crippen molar-refractivity contribution in [2.75, 3.05) is 6.79 Å². The van der Waals surface area contributed by atoms with Crippen molar-refractivity contribution in [1.82, 2.24) is 9.55 Å². The highest BCUT2D eigenvalue weighted by Gasteiger charge is 2.19. The number of hydrogen-bond donors (Lipinski definition) is 0. The Bertz CT molecular complexity index is 1320. The number of rotatable bonds is 5. The van der Waals surface area contributed by atoms with Crippen LogP contribution in [0.5, 0.6) is 5.75 Å². The van der Waals surface area contributed by atoms with Crippen molar-refractivity contribution in [3.63, 3.8) is 0 Å². The van der Waals surface area contributed by atoms with Crippen molar-refractivity contribution in [3.8, 4) is 5.75 Å². The smallest absolute Gasteiger partial charge is 0.262 e. The second-order valence-corrected chi connectivity index (χ2v) is 8.36. The molecule has 1 aliphatic heterocycles. The van der Waals surface area contributed by atoms with Crippen molar-refractivity contribution in [3.05, 3.63) is 86.8 Å². The molecule has 0 aliphatic carbocycles. The highest BCUT2D eigenvalue weighted by Crippen LogP contribution is 2.34. The number of ether oxygens (including phenoxy) is 2. The second-order valence-electron chi connectivity index (χ2n) is 6.98. The molecule has 0 bridgehead atoms. The zero-order valence-corrected chi connectivity index (χ0v) is 17.7. The molecule has 31 heavy (non-hydrogen) atoms. The van der Waals surface area contributed by atoms with Crippen LogP contribution in [0.25, 0.3) is 10.9 Å². The van der Waals surface area contributed by atoms with E-state index < -0.39 is 0 Å². The Morgan fingerprint density at radius 1 is 1.23 bits per heavy atom. The predicted molar refractivity (Wildman–Crippen MR) is 115 cm³/mol. The molecule has 3 heterocycles. The SMILES string of the molecule is O=c1c2ccc(Cl)cc2nc(SCc2cc(F)cc3c2OCOC3)n1Cc1ccco1. The molecule has 0 amide bonds. The van der Waals surface area contributed by atoms with Crippen molar-refractivity contribution < 1.29 is 18.3 Å². The normalized spacial score (nSPS) is 13.2. The quantitative estimate of drug-likeness (QED) is 0.310. The van der Waals surface area contributed by atoms with E-state index in [4.69, 9.17) is 25.5 Å². The molecular weight excluding hydrogens is 443 g/mol. The summed E-state index contributed by atoms with van der Waals surface area (Å²) in [6, 6.07) is 11.4. The minimum absolute atomic E-state index is 0.117. The van der Waals surface area contributed by atoms with Gasteiger partial charge in [0.25, 0.3) is 5.56 Å². The molecule has 0 unspecified atom stereocenters. The summed E-state index contributed by atoms with van der Waals surface area (Å²) in [6.45, 7) is 0.637. The first kappa shape index (κ1) is 20.1. The fourth-order valence-electron chi connectivity index (χ4n) is 3.49. The molecule has 0 radical (unpaired) electrons. The minimum Gasteiger partial charge on any atom is -0.467 e. The molecule has 158 valence electrons. The average molecular weight is 459 g/mol. The fraction of sp³-hybridized carbons (Fsp3) is 0.182. The largest absolute Gasteiger partial charge is 0.467 e. The Balaban J connectivity index is 1.56. The average Bonchev–Trinajstić information content (AvgIpc) is 3.27. The van der Waals surface area contributed by atoms with Gasteiger partial charge < -0.3 is 13.9 Å². The molecule has 0 spiro atoms. The molecule has 9 heteroatoms. The Morgan fingerprint density at radius 3 is 2.97 bits per heavy atom. The van der Waals surface area contributed by atoms with Gasteiger partial charge in [-0.05, 0) is 42.5 Å². The van der Waals surface area contributed by atoms with E-state index in [2.05, 4.69) is 4.98 Å². The lowest BCUT2D eigenvalue weighted by Gasteiger charge is -2.21. The summed E-state index contributed by atoms with van der Waals surface area (Å²) < 4.78 is 31.9. The van der Waals surface area contributed by atoms with Crippen molar-refractivity contribution >= 4 is 34.3 Å². The summed E-state index contributed by atoms with van der Waals surface area (Å²) in [6.07, 6.45) is 1.56. The van der Waals surface area contributed by atoms with E-state index in [0.717, 1.165) is 0 Å². The third-order valence-electron chi connectivity index (χ3n) is 4.88. The van der Waals surface area contributed by atoms with Crippen LogP contribution in [0.1, 0.15) is 16.9 Å². The standard InChI is InChI=1S/C22H16ClFN2O4S/c23-15-3-4-18-19(8-15)25-22(26(21(18)27)9-17-2-1-5-29-17)31-11-14-7-16(24)6-13-10-28-12-30-20(13)14/h1-8H,9-12H2. The third-order valence-corrected chi connectivity index (χ3v) is 6.15. The van der Waals surface area contributed by atoms with E-state index in [9.17, 15) is 9.18 Å². The maximum Gasteiger partial charge on any atom is 0.262 e. The second kappa shape index (κ2) is 8.37. The lowest BCUT2D eigenvalue weighted by atomic mass is 10.1. The molecule has 0 fully saturated rings. The maximum absolute atomic E-state index is 14.1. The van der Waals surface area contributed by atoms with E-state index in [-0.39, 0.29) is 24.7 Å². The van der Waals surface area contributed by atoms with Crippen molar-refractivity contribution in [2.45, 2.75) is 24.1 Å². The van der Waals surface area contributed by atoms with E-state index in [1.807, 2.05) is 0 Å². The van der Waals surface area contributed by atoms with E-state index >= 15 is 0 Å². The van der Waals surface area contributed by atoms with Gasteiger partial charge in [-0.15, -0.1) is 0 Å². The highest BCUT2D eigenvalue weighted by atomic mass is 35.5. The Kier molecular flexibility index (Phi) is 5.43. The number of nitrogens with zero attached hydrogens (tertiary/aromatic N) is 2. The van der Waals surface area contributed by atoms with Crippen molar-refractivity contribution in [2.24, 2.45) is 0 Å². The topological polar surface area (TPSA) is 66.5 Å². The third kappa shape index (κ3) is 4.06. The molecule has 4 aromatic rings. The van der Waals surface area contributed by atoms with E-state index in [1.54, 1.807) is 41.2 Å². The first-order valence-corrected chi connectivity index (χ1v) is 10.8. The summed E-state index contributed by atoms with van der Waals surface area (Å²) in [5.41, 5.74) is 1.63. The number of fused-ring (bicyclic) bond motifs is 2. The first-order chi connectivity index (χ1) is 15.1. The lowest BCUT2D eigenvalue weighted by Crippen LogP contribution is -2.24. The zero-order chi connectivity index (χ0) is 21.4. The minimum atomic E-state index is -0.366. The number of furan rings is 1. The van der Waals surface area contributed by atoms with Gasteiger partial charge in [-0.2, -0.15) is 0 Å². The van der Waals surface area contributed by atoms with Crippen LogP contribution < -0.4 is 10.3 Å². The molecule has 2 aromatic heterocycles. The number of aromatic nitrogens is 2. The van der Waals surface area contributed by atoms with Gasteiger partial charge in [0, 0.05) is 21.9 Å². The summed E-state index contributed by atoms with van der Waals surface area (Å²) in [4.78, 5) is 17.9. The van der Waals surface area contributed by atoms with Gasteiger partial charge in [0.05, 0.1) is 30.3 Å². The number of hydrogen-bond acceptors (Lipinski definition) is 6. The molecule has 1 aliphatic rings. The summed E-state index contributed by atoms with van der Waals surface area (Å²) in [5, 5.41) is 1.43. The maximum atomic E-state index is 14.1. The highest BCUT2D eigenvalue weighted by molar-refractivity contribution is 7.98. The van der Waals surface area contributed by atoms with Crippen LogP contribution in [0.15, 0.2) is 63.1 Å². The Morgan fingerprint density at radius 2 is 2.13 bits per heavy atom. The van der Waals surface area contributed by atoms with E-state index in [1.165, 1.54) is 23.9 Å². The van der Waals surface area contributed by atoms with Gasteiger partial charge in [0.15, 0.2) is 11.9 Å². The first-order valence-electron chi connectivity index (χ1n) is 9.45. The van der Waals surface area contributed by atoms with Crippen LogP contribution in [-0.2, 0) is 23.6 Å². The summed E-state index contributed by atoms with van der Waals surface area (Å²) in [7, 11) is 0. The van der Waals surface area contributed by atoms with Gasteiger partial charge in [-0.1, -0.05) is 23.4 Å². The van der Waals surface area contributed by atoms with Crippen LogP contribution in [0, 0.1) is 5.82 Å². The van der Waals surface area contributed by atoms with Crippen LogP contribution in [0.2, 0.25) is 5.02 Å². The van der Waals surface area contributed by atoms with Crippen LogP contribution in [-0.4, -0.2) is 16.3 Å². The predicted octanol–water partition coefficient (Wildman–Crippen LogP) is 4.99. The molecular formula is C22H16ClFN2O4S.